The summed E-state index contributed by atoms with van der Waals surface area (Å²) in [6, 6.07) is 18.4. The van der Waals surface area contributed by atoms with Gasteiger partial charge in [-0.1, -0.05) is 53.7 Å². The van der Waals surface area contributed by atoms with Crippen molar-refractivity contribution in [1.82, 2.24) is 34.3 Å². The Morgan fingerprint density at radius 2 is 0.963 bits per heavy atom. The maximum atomic E-state index is 4.74. The fourth-order valence-electron chi connectivity index (χ4n) is 9.09. The third kappa shape index (κ3) is 4.05. The third-order valence-electron chi connectivity index (χ3n) is 11.5. The van der Waals surface area contributed by atoms with Gasteiger partial charge in [-0.3, -0.25) is 9.97 Å². The van der Waals surface area contributed by atoms with Gasteiger partial charge in [-0.05, 0) is 74.7 Å². The van der Waals surface area contributed by atoms with Crippen LogP contribution in [0.3, 0.4) is 0 Å². The monoisotopic (exact) mass is 701 g/mol. The van der Waals surface area contributed by atoms with Gasteiger partial charge in [0.25, 0.3) is 6.71 Å². The van der Waals surface area contributed by atoms with Crippen LogP contribution in [0.2, 0.25) is 0 Å². The molecule has 0 N–H and O–H groups in total. The lowest BCUT2D eigenvalue weighted by Crippen LogP contribution is -2.61. The van der Waals surface area contributed by atoms with E-state index in [0.717, 1.165) is 45.0 Å². The molecule has 8 heterocycles. The minimum Gasteiger partial charge on any atom is -0.308 e. The largest absolute Gasteiger partial charge is 0.308 e. The summed E-state index contributed by atoms with van der Waals surface area (Å²) in [5.41, 5.74) is 15.5. The zero-order chi connectivity index (χ0) is 36.7. The highest BCUT2D eigenvalue weighted by Crippen LogP contribution is 2.54. The van der Waals surface area contributed by atoms with Crippen molar-refractivity contribution in [3.8, 4) is 0 Å². The molecule has 9 aromatic rings. The van der Waals surface area contributed by atoms with Crippen molar-refractivity contribution in [3.05, 3.63) is 122 Å². The summed E-state index contributed by atoms with van der Waals surface area (Å²) in [5, 5.41) is 4.82. The van der Waals surface area contributed by atoms with Crippen LogP contribution in [0.15, 0.2) is 111 Å². The van der Waals surface area contributed by atoms with Gasteiger partial charge in [-0.2, -0.15) is 0 Å². The van der Waals surface area contributed by atoms with Gasteiger partial charge < -0.3 is 14.2 Å². The maximum Gasteiger partial charge on any atom is 0.252 e. The second-order valence-electron chi connectivity index (χ2n) is 16.7. The molecular formula is C44H36BN9. The molecule has 2 aliphatic rings. The Hall–Kier alpha value is -6.42. The Labute approximate surface area is 312 Å². The molecule has 0 amide bonds. The first-order valence-electron chi connectivity index (χ1n) is 18.4. The van der Waals surface area contributed by atoms with Crippen molar-refractivity contribution in [2.45, 2.75) is 52.4 Å². The molecule has 6 aromatic heterocycles. The van der Waals surface area contributed by atoms with Crippen LogP contribution in [0.4, 0.5) is 34.1 Å². The van der Waals surface area contributed by atoms with Crippen LogP contribution in [-0.2, 0) is 10.8 Å². The Morgan fingerprint density at radius 3 is 1.39 bits per heavy atom. The zero-order valence-corrected chi connectivity index (χ0v) is 31.0. The summed E-state index contributed by atoms with van der Waals surface area (Å²) in [6.45, 7) is 13.6. The molecule has 0 atom stereocenters. The first-order chi connectivity index (χ1) is 26.1. The molecule has 0 saturated carbocycles. The third-order valence-corrected chi connectivity index (χ3v) is 11.5. The highest BCUT2D eigenvalue weighted by atomic mass is 15.2. The van der Waals surface area contributed by atoms with Crippen molar-refractivity contribution in [1.29, 1.82) is 0 Å². The number of hydrogen-bond donors (Lipinski definition) is 0. The minimum absolute atomic E-state index is 0.0530. The number of benzene rings is 3. The fraction of sp³-hybridized carbons (Fsp3) is 0.182. The Kier molecular flexibility index (Phi) is 6.11. The number of fused-ring (bicyclic) bond motifs is 12. The number of aromatic nitrogens is 7. The fourth-order valence-corrected chi connectivity index (χ4v) is 9.09. The molecule has 0 unspecified atom stereocenters. The molecule has 0 aliphatic carbocycles. The average Bonchev–Trinajstić information content (AvgIpc) is 3.69. The second kappa shape index (κ2) is 10.6. The first-order valence-corrected chi connectivity index (χ1v) is 18.4. The summed E-state index contributed by atoms with van der Waals surface area (Å²) in [5.74, 6) is 0. The summed E-state index contributed by atoms with van der Waals surface area (Å²) < 4.78 is 2.50. The van der Waals surface area contributed by atoms with Gasteiger partial charge in [-0.25, -0.2) is 19.9 Å². The molecule has 0 spiro atoms. The van der Waals surface area contributed by atoms with Crippen molar-refractivity contribution in [2.75, 3.05) is 9.80 Å². The van der Waals surface area contributed by atoms with E-state index in [2.05, 4.69) is 124 Å². The van der Waals surface area contributed by atoms with E-state index in [1.807, 2.05) is 49.6 Å². The Morgan fingerprint density at radius 1 is 0.519 bits per heavy atom. The molecule has 10 heteroatoms. The van der Waals surface area contributed by atoms with Gasteiger partial charge >= 0.3 is 0 Å². The Bertz CT molecular complexity index is 2790. The summed E-state index contributed by atoms with van der Waals surface area (Å²) >= 11 is 0. The minimum atomic E-state index is -0.118. The van der Waals surface area contributed by atoms with E-state index in [9.17, 15) is 0 Å². The van der Waals surface area contributed by atoms with Gasteiger partial charge in [0.2, 0.25) is 0 Å². The van der Waals surface area contributed by atoms with E-state index >= 15 is 0 Å². The van der Waals surface area contributed by atoms with E-state index in [1.54, 1.807) is 12.7 Å². The zero-order valence-electron chi connectivity index (χ0n) is 31.0. The van der Waals surface area contributed by atoms with E-state index in [4.69, 9.17) is 9.97 Å². The molecule has 0 fully saturated rings. The quantitative estimate of drug-likeness (QED) is 0.168. The van der Waals surface area contributed by atoms with Crippen molar-refractivity contribution >= 4 is 95.3 Å². The predicted molar refractivity (Wildman–Crippen MR) is 219 cm³/mol. The van der Waals surface area contributed by atoms with Gasteiger partial charge in [-0.15, -0.1) is 0 Å². The number of rotatable bonds is 2. The molecule has 2 aliphatic heterocycles. The van der Waals surface area contributed by atoms with E-state index in [0.29, 0.717) is 0 Å². The lowest BCUT2D eigenvalue weighted by atomic mass is 9.33. The standard InChI is InChI=1S/C44H36BN9/c1-43(2,3)25-7-9-33-29(15-25)37-40-38(30-16-26(44(4,5)6)8-10-34(30)54(33)40)42-39-41(37)52(27-17-48-23-49-18-27)35-21-46-13-11-31(35)45(39)32-12-14-47-22-36(32)53(42)28-19-50-24-51-20-28/h7-24H,1-6H3. The topological polar surface area (TPSA) is 88.2 Å². The van der Waals surface area contributed by atoms with Gasteiger partial charge in [0.1, 0.15) is 12.7 Å². The number of hydrogen-bond acceptors (Lipinski definition) is 8. The second-order valence-corrected chi connectivity index (χ2v) is 16.7. The van der Waals surface area contributed by atoms with Crippen LogP contribution in [-0.4, -0.2) is 41.0 Å². The van der Waals surface area contributed by atoms with E-state index in [-0.39, 0.29) is 17.5 Å². The smallest absolute Gasteiger partial charge is 0.252 e. The van der Waals surface area contributed by atoms with Crippen LogP contribution in [0.1, 0.15) is 52.7 Å². The first kappa shape index (κ1) is 31.1. The van der Waals surface area contributed by atoms with Gasteiger partial charge in [0.05, 0.1) is 87.9 Å². The van der Waals surface area contributed by atoms with Crippen LogP contribution in [0.5, 0.6) is 0 Å². The number of nitrogens with zero attached hydrogens (tertiary/aromatic N) is 9. The molecule has 0 saturated heterocycles. The van der Waals surface area contributed by atoms with E-state index < -0.39 is 0 Å². The SMILES string of the molecule is CC(C)(C)c1ccc2c(c1)c1c3c4c(c5c6cc(C(C)(C)C)ccc6n2c15)N(c1cncnc1)c1cnccc1B4c1ccncc1N3c1cncnc1. The molecular weight excluding hydrogens is 665 g/mol. The average molecular weight is 702 g/mol. The van der Waals surface area contributed by atoms with Crippen LogP contribution in [0, 0.1) is 0 Å². The van der Waals surface area contributed by atoms with Gasteiger partial charge in [0.15, 0.2) is 0 Å². The van der Waals surface area contributed by atoms with E-state index in [1.165, 1.54) is 54.7 Å². The predicted octanol–water partition coefficient (Wildman–Crippen LogP) is 7.88. The van der Waals surface area contributed by atoms with Crippen LogP contribution >= 0.6 is 0 Å². The molecule has 260 valence electrons. The normalized spacial score (nSPS) is 14.0. The summed E-state index contributed by atoms with van der Waals surface area (Å²) in [6.07, 6.45) is 18.6. The molecule has 9 nitrogen and oxygen atoms in total. The summed E-state index contributed by atoms with van der Waals surface area (Å²) in [4.78, 5) is 32.4. The van der Waals surface area contributed by atoms with Gasteiger partial charge in [0, 0.05) is 33.9 Å². The summed E-state index contributed by atoms with van der Waals surface area (Å²) in [7, 11) is 0. The highest BCUT2D eigenvalue weighted by Gasteiger charge is 2.47. The number of anilines is 6. The van der Waals surface area contributed by atoms with Crippen LogP contribution < -0.4 is 26.2 Å². The molecule has 54 heavy (non-hydrogen) atoms. The molecule has 0 radical (unpaired) electrons. The van der Waals surface area contributed by atoms with Crippen LogP contribution in [0.25, 0.3) is 38.1 Å². The van der Waals surface area contributed by atoms with Crippen molar-refractivity contribution in [3.63, 3.8) is 0 Å². The lowest BCUT2D eigenvalue weighted by Gasteiger charge is -2.44. The Balaban J connectivity index is 1.46. The molecule has 11 rings (SSSR count). The molecule has 0 bridgehead atoms. The maximum absolute atomic E-state index is 4.74. The highest BCUT2D eigenvalue weighted by molar-refractivity contribution is 7.01. The van der Waals surface area contributed by atoms with Crippen molar-refractivity contribution < 1.29 is 0 Å². The van der Waals surface area contributed by atoms with Crippen molar-refractivity contribution in [2.24, 2.45) is 0 Å². The molecule has 3 aromatic carbocycles. The number of pyridine rings is 2. The lowest BCUT2D eigenvalue weighted by molar-refractivity contribution is 0.591.